The Hall–Kier alpha value is -2.30. The monoisotopic (exact) mass is 314 g/mol. The number of amides is 2. The van der Waals surface area contributed by atoms with Crippen molar-refractivity contribution in [3.8, 4) is 0 Å². The number of fused-ring (bicyclic) bond motifs is 1. The summed E-state index contributed by atoms with van der Waals surface area (Å²) in [5, 5.41) is 3.70. The van der Waals surface area contributed by atoms with Crippen molar-refractivity contribution in [2.24, 2.45) is 0 Å². The van der Waals surface area contributed by atoms with Gasteiger partial charge in [0.25, 0.3) is 5.91 Å². The van der Waals surface area contributed by atoms with E-state index in [2.05, 4.69) is 12.2 Å². The minimum absolute atomic E-state index is 0.0691. The number of aryl methyl sites for hydroxylation is 1. The van der Waals surface area contributed by atoms with Crippen molar-refractivity contribution in [2.75, 3.05) is 13.1 Å². The first kappa shape index (κ1) is 15.6. The fourth-order valence-corrected chi connectivity index (χ4v) is 3.14. The Labute approximate surface area is 135 Å². The van der Waals surface area contributed by atoms with Crippen molar-refractivity contribution in [3.63, 3.8) is 0 Å². The number of hydrogen-bond donors (Lipinski definition) is 1. The largest absolute Gasteiger partial charge is 0.463 e. The third kappa shape index (κ3) is 2.83. The number of rotatable bonds is 3. The van der Waals surface area contributed by atoms with E-state index in [0.29, 0.717) is 30.7 Å². The summed E-state index contributed by atoms with van der Waals surface area (Å²) in [7, 11) is 0. The third-order valence-corrected chi connectivity index (χ3v) is 4.48. The van der Waals surface area contributed by atoms with Crippen LogP contribution in [0.3, 0.4) is 0 Å². The summed E-state index contributed by atoms with van der Waals surface area (Å²) < 4.78 is 5.54. The van der Waals surface area contributed by atoms with Crippen molar-refractivity contribution >= 4 is 22.8 Å². The highest BCUT2D eigenvalue weighted by atomic mass is 16.3. The number of nitrogens with one attached hydrogen (secondary N) is 1. The van der Waals surface area contributed by atoms with Crippen LogP contribution in [0.15, 0.2) is 28.9 Å². The second kappa shape index (κ2) is 6.44. The van der Waals surface area contributed by atoms with Gasteiger partial charge >= 0.3 is 0 Å². The lowest BCUT2D eigenvalue weighted by Crippen LogP contribution is -2.46. The normalized spacial score (nSPS) is 18.8. The molecule has 1 saturated heterocycles. The molecule has 1 aliphatic rings. The summed E-state index contributed by atoms with van der Waals surface area (Å²) in [5.41, 5.74) is 2.41. The molecule has 0 bridgehead atoms. The number of nitrogens with zero attached hydrogens (tertiary/aromatic N) is 1. The van der Waals surface area contributed by atoms with Gasteiger partial charge in [0.15, 0.2) is 0 Å². The quantitative estimate of drug-likeness (QED) is 0.947. The summed E-state index contributed by atoms with van der Waals surface area (Å²) >= 11 is 0. The Morgan fingerprint density at radius 1 is 1.39 bits per heavy atom. The number of furan rings is 1. The molecule has 1 aromatic carbocycles. The van der Waals surface area contributed by atoms with Crippen LogP contribution in [-0.4, -0.2) is 35.8 Å². The highest BCUT2D eigenvalue weighted by molar-refractivity contribution is 6.07. The Morgan fingerprint density at radius 3 is 2.96 bits per heavy atom. The minimum atomic E-state index is -0.413. The summed E-state index contributed by atoms with van der Waals surface area (Å²) in [6, 6.07) is 5.50. The van der Waals surface area contributed by atoms with Crippen molar-refractivity contribution in [1.29, 1.82) is 0 Å². The number of hydrogen-bond acceptors (Lipinski definition) is 3. The zero-order chi connectivity index (χ0) is 16.4. The van der Waals surface area contributed by atoms with E-state index in [-0.39, 0.29) is 11.8 Å². The highest BCUT2D eigenvalue weighted by Crippen LogP contribution is 2.25. The van der Waals surface area contributed by atoms with Crippen LogP contribution in [0.5, 0.6) is 0 Å². The van der Waals surface area contributed by atoms with Crippen LogP contribution < -0.4 is 5.32 Å². The molecule has 3 rings (SSSR count). The van der Waals surface area contributed by atoms with E-state index in [1.807, 2.05) is 25.1 Å². The fourth-order valence-electron chi connectivity index (χ4n) is 3.14. The molecule has 0 unspecified atom stereocenters. The minimum Gasteiger partial charge on any atom is -0.463 e. The maximum atomic E-state index is 13.0. The molecule has 2 amide bonds. The number of carbonyl (C=O) groups excluding carboxylic acids is 2. The van der Waals surface area contributed by atoms with Crippen LogP contribution in [0.2, 0.25) is 0 Å². The third-order valence-electron chi connectivity index (χ3n) is 4.48. The van der Waals surface area contributed by atoms with Crippen LogP contribution in [0.25, 0.3) is 11.0 Å². The van der Waals surface area contributed by atoms with Gasteiger partial charge in [-0.3, -0.25) is 9.59 Å². The maximum Gasteiger partial charge on any atom is 0.258 e. The topological polar surface area (TPSA) is 62.6 Å². The standard InChI is InChI=1S/C18H22N2O3/c1-3-12-6-7-16-13(10-12)14(11-23-16)18(22)20-9-5-8-19-17(21)15(20)4-2/h6-7,10-11,15H,3-5,8-9H2,1-2H3,(H,19,21)/t15-/m0/s1. The molecular formula is C18H22N2O3. The Morgan fingerprint density at radius 2 is 2.22 bits per heavy atom. The van der Waals surface area contributed by atoms with Gasteiger partial charge in [-0.25, -0.2) is 0 Å². The van der Waals surface area contributed by atoms with Crippen molar-refractivity contribution in [2.45, 2.75) is 39.2 Å². The van der Waals surface area contributed by atoms with Gasteiger partial charge in [0.05, 0.1) is 5.56 Å². The second-order valence-electron chi connectivity index (χ2n) is 5.90. The van der Waals surface area contributed by atoms with E-state index in [1.165, 1.54) is 6.26 Å². The van der Waals surface area contributed by atoms with E-state index < -0.39 is 6.04 Å². The Balaban J connectivity index is 1.99. The zero-order valence-corrected chi connectivity index (χ0v) is 13.6. The lowest BCUT2D eigenvalue weighted by molar-refractivity contribution is -0.124. The van der Waals surface area contributed by atoms with E-state index in [9.17, 15) is 9.59 Å². The molecule has 5 heteroatoms. The fraction of sp³-hybridized carbons (Fsp3) is 0.444. The van der Waals surface area contributed by atoms with E-state index in [4.69, 9.17) is 4.42 Å². The van der Waals surface area contributed by atoms with Gasteiger partial charge in [-0.15, -0.1) is 0 Å². The Bertz CT molecular complexity index is 735. The van der Waals surface area contributed by atoms with Gasteiger partial charge in [-0.05, 0) is 37.0 Å². The molecule has 5 nitrogen and oxygen atoms in total. The molecule has 1 aliphatic heterocycles. The maximum absolute atomic E-state index is 13.0. The molecule has 1 atom stereocenters. The van der Waals surface area contributed by atoms with Crippen molar-refractivity contribution in [3.05, 3.63) is 35.6 Å². The van der Waals surface area contributed by atoms with Gasteiger partial charge in [-0.1, -0.05) is 19.9 Å². The van der Waals surface area contributed by atoms with Gasteiger partial charge < -0.3 is 14.6 Å². The SMILES string of the molecule is CCc1ccc2occ(C(=O)N3CCCNC(=O)[C@@H]3CC)c2c1. The lowest BCUT2D eigenvalue weighted by atomic mass is 10.1. The summed E-state index contributed by atoms with van der Waals surface area (Å²) in [6.45, 7) is 5.20. The molecule has 0 aliphatic carbocycles. The first-order valence-electron chi connectivity index (χ1n) is 8.24. The van der Waals surface area contributed by atoms with Crippen LogP contribution in [0, 0.1) is 0 Å². The zero-order valence-electron chi connectivity index (χ0n) is 13.6. The Kier molecular flexibility index (Phi) is 4.37. The van der Waals surface area contributed by atoms with Crippen molar-refractivity contribution in [1.82, 2.24) is 10.2 Å². The molecule has 0 saturated carbocycles. The highest BCUT2D eigenvalue weighted by Gasteiger charge is 2.32. The van der Waals surface area contributed by atoms with E-state index in [1.54, 1.807) is 4.90 Å². The van der Waals surface area contributed by atoms with Gasteiger partial charge in [0, 0.05) is 18.5 Å². The number of carbonyl (C=O) groups is 2. The van der Waals surface area contributed by atoms with Gasteiger partial charge in [-0.2, -0.15) is 0 Å². The molecule has 1 aromatic heterocycles. The van der Waals surface area contributed by atoms with Crippen LogP contribution in [-0.2, 0) is 11.2 Å². The summed E-state index contributed by atoms with van der Waals surface area (Å²) in [5.74, 6) is -0.193. The molecule has 2 heterocycles. The molecule has 1 N–H and O–H groups in total. The number of benzene rings is 1. The molecule has 1 fully saturated rings. The molecule has 23 heavy (non-hydrogen) atoms. The molecular weight excluding hydrogens is 292 g/mol. The van der Waals surface area contributed by atoms with Crippen LogP contribution >= 0.6 is 0 Å². The predicted molar refractivity (Wildman–Crippen MR) is 88.3 cm³/mol. The second-order valence-corrected chi connectivity index (χ2v) is 5.90. The summed E-state index contributed by atoms with van der Waals surface area (Å²) in [4.78, 5) is 26.9. The first-order valence-corrected chi connectivity index (χ1v) is 8.24. The average molecular weight is 314 g/mol. The molecule has 0 radical (unpaired) electrons. The van der Waals surface area contributed by atoms with E-state index >= 15 is 0 Å². The van der Waals surface area contributed by atoms with Crippen molar-refractivity contribution < 1.29 is 14.0 Å². The van der Waals surface area contributed by atoms with Gasteiger partial charge in [0.1, 0.15) is 17.9 Å². The molecule has 0 spiro atoms. The summed E-state index contributed by atoms with van der Waals surface area (Å²) in [6.07, 6.45) is 3.79. The first-order chi connectivity index (χ1) is 11.2. The predicted octanol–water partition coefficient (Wildman–Crippen LogP) is 2.74. The average Bonchev–Trinajstić information content (AvgIpc) is 2.90. The van der Waals surface area contributed by atoms with E-state index in [0.717, 1.165) is 23.8 Å². The van der Waals surface area contributed by atoms with Crippen LogP contribution in [0.4, 0.5) is 0 Å². The van der Waals surface area contributed by atoms with Gasteiger partial charge in [0.2, 0.25) is 5.91 Å². The van der Waals surface area contributed by atoms with Crippen LogP contribution in [0.1, 0.15) is 42.6 Å². The lowest BCUT2D eigenvalue weighted by Gasteiger charge is -2.27. The molecule has 122 valence electrons. The molecule has 2 aromatic rings. The smallest absolute Gasteiger partial charge is 0.258 e.